The van der Waals surface area contributed by atoms with Crippen molar-refractivity contribution in [2.45, 2.75) is 39.2 Å². The largest absolute Gasteiger partial charge is 0.392 e. The van der Waals surface area contributed by atoms with Gasteiger partial charge in [-0.2, -0.15) is 0 Å². The molecule has 1 aliphatic rings. The van der Waals surface area contributed by atoms with Gasteiger partial charge in [-0.15, -0.1) is 0 Å². The molecule has 0 amide bonds. The van der Waals surface area contributed by atoms with Crippen molar-refractivity contribution in [1.29, 1.82) is 0 Å². The molecule has 0 saturated heterocycles. The first-order chi connectivity index (χ1) is 5.72. The quantitative estimate of drug-likeness (QED) is 0.654. The molecule has 2 heteroatoms. The second-order valence-electron chi connectivity index (χ2n) is 4.05. The molecule has 0 aliphatic heterocycles. The molecule has 1 rings (SSSR count). The highest BCUT2D eigenvalue weighted by Crippen LogP contribution is 2.29. The number of aliphatic hydroxyl groups excluding tert-OH is 1. The van der Waals surface area contributed by atoms with Crippen molar-refractivity contribution < 1.29 is 5.11 Å². The Balaban J connectivity index is 2.16. The van der Waals surface area contributed by atoms with Crippen molar-refractivity contribution in [2.75, 3.05) is 19.6 Å². The van der Waals surface area contributed by atoms with Gasteiger partial charge in [0.05, 0.1) is 6.10 Å². The lowest BCUT2D eigenvalue weighted by Gasteiger charge is -2.22. The Morgan fingerprint density at radius 3 is 2.58 bits per heavy atom. The van der Waals surface area contributed by atoms with E-state index in [4.69, 9.17) is 0 Å². The Kier molecular flexibility index (Phi) is 4.02. The summed E-state index contributed by atoms with van der Waals surface area (Å²) in [6.45, 7) is 7.27. The van der Waals surface area contributed by atoms with Gasteiger partial charge in [0.15, 0.2) is 0 Å². The van der Waals surface area contributed by atoms with Gasteiger partial charge in [0.1, 0.15) is 0 Å². The number of nitrogens with zero attached hydrogens (tertiary/aromatic N) is 1. The molecule has 0 bridgehead atoms. The Hall–Kier alpha value is -0.0800. The molecule has 0 radical (unpaired) electrons. The Bertz CT molecular complexity index is 117. The molecule has 1 atom stereocenters. The van der Waals surface area contributed by atoms with Crippen LogP contribution in [0.25, 0.3) is 0 Å². The van der Waals surface area contributed by atoms with E-state index in [1.165, 1.54) is 25.8 Å². The van der Waals surface area contributed by atoms with Crippen LogP contribution in [-0.4, -0.2) is 35.7 Å². The molecule has 1 saturated carbocycles. The molecule has 72 valence electrons. The van der Waals surface area contributed by atoms with Crippen LogP contribution in [0, 0.1) is 5.92 Å². The minimum atomic E-state index is -0.171. The van der Waals surface area contributed by atoms with Crippen LogP contribution in [0.15, 0.2) is 0 Å². The van der Waals surface area contributed by atoms with Crippen LogP contribution < -0.4 is 0 Å². The maximum atomic E-state index is 9.24. The molecule has 2 nitrogen and oxygen atoms in total. The Labute approximate surface area is 75.6 Å². The molecule has 1 aliphatic carbocycles. The van der Waals surface area contributed by atoms with E-state index in [0.717, 1.165) is 19.0 Å². The van der Waals surface area contributed by atoms with Crippen LogP contribution in [0.2, 0.25) is 0 Å². The van der Waals surface area contributed by atoms with Gasteiger partial charge in [-0.1, -0.05) is 6.92 Å². The maximum absolute atomic E-state index is 9.24. The highest BCUT2D eigenvalue weighted by Gasteiger charge is 2.24. The molecule has 0 spiro atoms. The van der Waals surface area contributed by atoms with E-state index < -0.39 is 0 Å². The molecule has 12 heavy (non-hydrogen) atoms. The highest BCUT2D eigenvalue weighted by atomic mass is 16.3. The van der Waals surface area contributed by atoms with Crippen LogP contribution in [0.5, 0.6) is 0 Å². The predicted molar refractivity (Wildman–Crippen MR) is 51.1 cm³/mol. The molecule has 0 unspecified atom stereocenters. The van der Waals surface area contributed by atoms with Crippen molar-refractivity contribution in [3.05, 3.63) is 0 Å². The first kappa shape index (κ1) is 10.0. The first-order valence-corrected chi connectivity index (χ1v) is 5.12. The highest BCUT2D eigenvalue weighted by molar-refractivity contribution is 4.77. The SMILES string of the molecule is CCCN(CC1CC1)C[C@H](C)O. The second-order valence-corrected chi connectivity index (χ2v) is 4.05. The number of hydrogen-bond acceptors (Lipinski definition) is 2. The standard InChI is InChI=1S/C10H21NO/c1-3-6-11(7-9(2)12)8-10-4-5-10/h9-10,12H,3-8H2,1-2H3/t9-/m0/s1. The van der Waals surface area contributed by atoms with Gasteiger partial charge in [-0.3, -0.25) is 0 Å². The zero-order chi connectivity index (χ0) is 8.97. The van der Waals surface area contributed by atoms with Crippen LogP contribution in [0.4, 0.5) is 0 Å². The molecule has 0 aromatic carbocycles. The summed E-state index contributed by atoms with van der Waals surface area (Å²) in [5.74, 6) is 0.940. The lowest BCUT2D eigenvalue weighted by Crippen LogP contribution is -2.33. The zero-order valence-electron chi connectivity index (χ0n) is 8.29. The van der Waals surface area contributed by atoms with Crippen LogP contribution in [0.1, 0.15) is 33.1 Å². The van der Waals surface area contributed by atoms with E-state index in [1.807, 2.05) is 6.92 Å². The van der Waals surface area contributed by atoms with E-state index in [2.05, 4.69) is 11.8 Å². The molecular formula is C10H21NO. The minimum absolute atomic E-state index is 0.171. The summed E-state index contributed by atoms with van der Waals surface area (Å²) in [5, 5.41) is 9.24. The van der Waals surface area contributed by atoms with Crippen molar-refractivity contribution in [3.63, 3.8) is 0 Å². The summed E-state index contributed by atoms with van der Waals surface area (Å²) in [4.78, 5) is 2.39. The van der Waals surface area contributed by atoms with Crippen LogP contribution >= 0.6 is 0 Å². The van der Waals surface area contributed by atoms with E-state index in [-0.39, 0.29) is 6.10 Å². The number of rotatable bonds is 6. The Morgan fingerprint density at radius 1 is 1.50 bits per heavy atom. The summed E-state index contributed by atoms with van der Waals surface area (Å²) in [6.07, 6.45) is 3.83. The summed E-state index contributed by atoms with van der Waals surface area (Å²) in [6, 6.07) is 0. The van der Waals surface area contributed by atoms with Crippen molar-refractivity contribution >= 4 is 0 Å². The molecule has 0 aromatic rings. The van der Waals surface area contributed by atoms with Crippen molar-refractivity contribution in [1.82, 2.24) is 4.90 Å². The summed E-state index contributed by atoms with van der Waals surface area (Å²) < 4.78 is 0. The lowest BCUT2D eigenvalue weighted by atomic mass is 10.3. The van der Waals surface area contributed by atoms with Crippen molar-refractivity contribution in [3.8, 4) is 0 Å². The van der Waals surface area contributed by atoms with Gasteiger partial charge in [-0.25, -0.2) is 0 Å². The smallest absolute Gasteiger partial charge is 0.0639 e. The van der Waals surface area contributed by atoms with Gasteiger partial charge >= 0.3 is 0 Å². The minimum Gasteiger partial charge on any atom is -0.392 e. The molecule has 0 heterocycles. The monoisotopic (exact) mass is 171 g/mol. The van der Waals surface area contributed by atoms with E-state index in [9.17, 15) is 5.11 Å². The van der Waals surface area contributed by atoms with E-state index in [1.54, 1.807) is 0 Å². The molecular weight excluding hydrogens is 150 g/mol. The van der Waals surface area contributed by atoms with E-state index in [0.29, 0.717) is 0 Å². The predicted octanol–water partition coefficient (Wildman–Crippen LogP) is 1.49. The summed E-state index contributed by atoms with van der Waals surface area (Å²) in [5.41, 5.74) is 0. The fourth-order valence-electron chi connectivity index (χ4n) is 1.61. The van der Waals surface area contributed by atoms with Gasteiger partial charge in [0.25, 0.3) is 0 Å². The third-order valence-corrected chi connectivity index (χ3v) is 2.28. The van der Waals surface area contributed by atoms with E-state index >= 15 is 0 Å². The maximum Gasteiger partial charge on any atom is 0.0639 e. The molecule has 1 N–H and O–H groups in total. The van der Waals surface area contributed by atoms with Crippen LogP contribution in [-0.2, 0) is 0 Å². The van der Waals surface area contributed by atoms with Gasteiger partial charge < -0.3 is 10.0 Å². The molecule has 0 aromatic heterocycles. The van der Waals surface area contributed by atoms with Gasteiger partial charge in [-0.05, 0) is 38.6 Å². The zero-order valence-corrected chi connectivity index (χ0v) is 8.29. The second kappa shape index (κ2) is 4.83. The van der Waals surface area contributed by atoms with Crippen LogP contribution in [0.3, 0.4) is 0 Å². The van der Waals surface area contributed by atoms with Crippen molar-refractivity contribution in [2.24, 2.45) is 5.92 Å². The fraction of sp³-hybridized carbons (Fsp3) is 1.00. The summed E-state index contributed by atoms with van der Waals surface area (Å²) >= 11 is 0. The number of aliphatic hydroxyl groups is 1. The average Bonchev–Trinajstić information content (AvgIpc) is 2.70. The lowest BCUT2D eigenvalue weighted by molar-refractivity contribution is 0.123. The van der Waals surface area contributed by atoms with Gasteiger partial charge in [0, 0.05) is 13.1 Å². The fourth-order valence-corrected chi connectivity index (χ4v) is 1.61. The van der Waals surface area contributed by atoms with Gasteiger partial charge in [0.2, 0.25) is 0 Å². The third kappa shape index (κ3) is 4.07. The average molecular weight is 171 g/mol. The first-order valence-electron chi connectivity index (χ1n) is 5.12. The number of hydrogen-bond donors (Lipinski definition) is 1. The Morgan fingerprint density at radius 2 is 2.17 bits per heavy atom. The normalized spacial score (nSPS) is 20.0. The molecule has 1 fully saturated rings. The topological polar surface area (TPSA) is 23.5 Å². The summed E-state index contributed by atoms with van der Waals surface area (Å²) in [7, 11) is 0. The third-order valence-electron chi connectivity index (χ3n) is 2.28.